The minimum atomic E-state index is -0.850. The van der Waals surface area contributed by atoms with Gasteiger partial charge in [0.1, 0.15) is 0 Å². The molecule has 19 heavy (non-hydrogen) atoms. The van der Waals surface area contributed by atoms with Gasteiger partial charge >= 0.3 is 0 Å². The van der Waals surface area contributed by atoms with Crippen LogP contribution in [-0.2, 0) is 14.3 Å². The van der Waals surface area contributed by atoms with Crippen LogP contribution in [0.15, 0.2) is 0 Å². The number of hydrogen-bond donors (Lipinski definition) is 2. The van der Waals surface area contributed by atoms with Crippen molar-refractivity contribution < 1.29 is 14.3 Å². The Bertz CT molecular complexity index is 312. The molecular formula is C13H25N3O3. The van der Waals surface area contributed by atoms with E-state index in [9.17, 15) is 9.59 Å². The normalized spacial score (nSPS) is 18.8. The summed E-state index contributed by atoms with van der Waals surface area (Å²) in [4.78, 5) is 25.4. The summed E-state index contributed by atoms with van der Waals surface area (Å²) in [5.41, 5.74) is 5.06. The van der Waals surface area contributed by atoms with E-state index in [2.05, 4.69) is 5.32 Å². The van der Waals surface area contributed by atoms with Gasteiger partial charge in [-0.05, 0) is 13.3 Å². The molecule has 3 N–H and O–H groups in total. The minimum absolute atomic E-state index is 0.0535. The van der Waals surface area contributed by atoms with Gasteiger partial charge in [-0.2, -0.15) is 0 Å². The van der Waals surface area contributed by atoms with E-state index in [-0.39, 0.29) is 11.8 Å². The molecule has 6 nitrogen and oxygen atoms in total. The maximum absolute atomic E-state index is 11.8. The van der Waals surface area contributed by atoms with Crippen molar-refractivity contribution in [3.8, 4) is 0 Å². The first-order valence-corrected chi connectivity index (χ1v) is 6.90. The van der Waals surface area contributed by atoms with Crippen molar-refractivity contribution in [3.63, 3.8) is 0 Å². The Morgan fingerprint density at radius 2 is 2.00 bits per heavy atom. The van der Waals surface area contributed by atoms with Crippen LogP contribution in [0.1, 0.15) is 33.1 Å². The number of nitrogens with zero attached hydrogens (tertiary/aromatic N) is 1. The van der Waals surface area contributed by atoms with Crippen molar-refractivity contribution in [1.29, 1.82) is 0 Å². The van der Waals surface area contributed by atoms with Gasteiger partial charge in [-0.15, -0.1) is 0 Å². The second kappa shape index (κ2) is 7.45. The summed E-state index contributed by atoms with van der Waals surface area (Å²) in [5, 5.41) is 2.74. The lowest BCUT2D eigenvalue weighted by Crippen LogP contribution is -2.52. The summed E-state index contributed by atoms with van der Waals surface area (Å²) in [7, 11) is 0. The third kappa shape index (κ3) is 5.16. The molecule has 2 amide bonds. The zero-order chi connectivity index (χ0) is 14.3. The number of nitrogens with one attached hydrogen (secondary N) is 1. The third-order valence-corrected chi connectivity index (χ3v) is 3.28. The Balaban J connectivity index is 2.25. The van der Waals surface area contributed by atoms with Gasteiger partial charge in [-0.25, -0.2) is 0 Å². The average Bonchev–Trinajstić information content (AvgIpc) is 2.39. The van der Waals surface area contributed by atoms with Gasteiger partial charge in [-0.3, -0.25) is 9.59 Å². The number of amides is 2. The topological polar surface area (TPSA) is 84.7 Å². The van der Waals surface area contributed by atoms with E-state index in [4.69, 9.17) is 10.5 Å². The molecule has 0 aliphatic carbocycles. The lowest BCUT2D eigenvalue weighted by Gasteiger charge is -2.27. The number of hydrogen-bond acceptors (Lipinski definition) is 4. The number of carbonyl (C=O) groups is 2. The fourth-order valence-corrected chi connectivity index (χ4v) is 2.09. The highest BCUT2D eigenvalue weighted by atomic mass is 16.5. The lowest BCUT2D eigenvalue weighted by molar-refractivity contribution is -0.135. The molecular weight excluding hydrogens is 246 g/mol. The van der Waals surface area contributed by atoms with E-state index in [1.54, 1.807) is 11.8 Å². The standard InChI is InChI=1S/C13H25N3O3/c1-3-5-13(2,14)12(18)15-6-4-11(17)16-7-9-19-10-8-16/h3-10,14H2,1-2H3,(H,15,18). The molecule has 0 bridgehead atoms. The molecule has 1 atom stereocenters. The van der Waals surface area contributed by atoms with Crippen LogP contribution in [0.4, 0.5) is 0 Å². The SMILES string of the molecule is CCCC(C)(N)C(=O)NCCC(=O)N1CCOCC1. The first-order chi connectivity index (χ1) is 8.97. The van der Waals surface area contributed by atoms with Gasteiger partial charge < -0.3 is 20.7 Å². The van der Waals surface area contributed by atoms with Crippen molar-refractivity contribution >= 4 is 11.8 Å². The minimum Gasteiger partial charge on any atom is -0.378 e. The molecule has 0 aromatic heterocycles. The van der Waals surface area contributed by atoms with Crippen molar-refractivity contribution in [3.05, 3.63) is 0 Å². The van der Waals surface area contributed by atoms with E-state index in [1.807, 2.05) is 6.92 Å². The Morgan fingerprint density at radius 1 is 1.37 bits per heavy atom. The van der Waals surface area contributed by atoms with Crippen LogP contribution in [0.2, 0.25) is 0 Å². The molecule has 1 heterocycles. The summed E-state index contributed by atoms with van der Waals surface area (Å²) in [5.74, 6) is -0.137. The van der Waals surface area contributed by atoms with Crippen molar-refractivity contribution in [2.45, 2.75) is 38.6 Å². The molecule has 0 radical (unpaired) electrons. The molecule has 0 aromatic carbocycles. The number of nitrogens with two attached hydrogens (primary N) is 1. The Kier molecular flexibility index (Phi) is 6.24. The molecule has 1 unspecified atom stereocenters. The highest BCUT2D eigenvalue weighted by Crippen LogP contribution is 2.08. The number of morpholine rings is 1. The van der Waals surface area contributed by atoms with E-state index >= 15 is 0 Å². The number of carbonyl (C=O) groups excluding carboxylic acids is 2. The zero-order valence-corrected chi connectivity index (χ0v) is 11.9. The zero-order valence-electron chi connectivity index (χ0n) is 11.9. The largest absolute Gasteiger partial charge is 0.378 e. The van der Waals surface area contributed by atoms with Gasteiger partial charge in [0.2, 0.25) is 11.8 Å². The van der Waals surface area contributed by atoms with Crippen molar-refractivity contribution in [2.75, 3.05) is 32.8 Å². The summed E-state index contributed by atoms with van der Waals surface area (Å²) < 4.78 is 5.18. The first kappa shape index (κ1) is 15.9. The Morgan fingerprint density at radius 3 is 2.58 bits per heavy atom. The average molecular weight is 271 g/mol. The summed E-state index contributed by atoms with van der Waals surface area (Å²) in [6.07, 6.45) is 1.80. The van der Waals surface area contributed by atoms with Crippen LogP contribution in [0.25, 0.3) is 0 Å². The molecule has 1 saturated heterocycles. The molecule has 0 aromatic rings. The maximum Gasteiger partial charge on any atom is 0.239 e. The monoisotopic (exact) mass is 271 g/mol. The first-order valence-electron chi connectivity index (χ1n) is 6.90. The number of ether oxygens (including phenoxy) is 1. The Labute approximate surface area is 114 Å². The molecule has 1 fully saturated rings. The number of rotatable bonds is 6. The van der Waals surface area contributed by atoms with E-state index in [1.165, 1.54) is 0 Å². The molecule has 0 spiro atoms. The summed E-state index contributed by atoms with van der Waals surface area (Å²) >= 11 is 0. The molecule has 110 valence electrons. The van der Waals surface area contributed by atoms with Crippen molar-refractivity contribution in [1.82, 2.24) is 10.2 Å². The van der Waals surface area contributed by atoms with Gasteiger partial charge in [0.05, 0.1) is 18.8 Å². The molecule has 1 aliphatic rings. The summed E-state index contributed by atoms with van der Waals surface area (Å²) in [6.45, 7) is 6.50. The van der Waals surface area contributed by atoms with E-state index in [0.717, 1.165) is 6.42 Å². The van der Waals surface area contributed by atoms with E-state index < -0.39 is 5.54 Å². The maximum atomic E-state index is 11.8. The fraction of sp³-hybridized carbons (Fsp3) is 0.846. The van der Waals surface area contributed by atoms with Gasteiger partial charge in [-0.1, -0.05) is 13.3 Å². The van der Waals surface area contributed by atoms with Crippen LogP contribution < -0.4 is 11.1 Å². The van der Waals surface area contributed by atoms with Crippen LogP contribution in [0, 0.1) is 0 Å². The van der Waals surface area contributed by atoms with Crippen LogP contribution in [-0.4, -0.2) is 55.1 Å². The molecule has 1 rings (SSSR count). The molecule has 1 aliphatic heterocycles. The van der Waals surface area contributed by atoms with Gasteiger partial charge in [0.15, 0.2) is 0 Å². The molecule has 0 saturated carbocycles. The van der Waals surface area contributed by atoms with Crippen LogP contribution >= 0.6 is 0 Å². The van der Waals surface area contributed by atoms with Crippen molar-refractivity contribution in [2.24, 2.45) is 5.73 Å². The fourth-order valence-electron chi connectivity index (χ4n) is 2.09. The highest BCUT2D eigenvalue weighted by Gasteiger charge is 2.27. The van der Waals surface area contributed by atoms with E-state index in [0.29, 0.717) is 45.7 Å². The molecule has 6 heteroatoms. The Hall–Kier alpha value is -1.14. The van der Waals surface area contributed by atoms with Gasteiger partial charge in [0.25, 0.3) is 0 Å². The summed E-state index contributed by atoms with van der Waals surface area (Å²) in [6, 6.07) is 0. The van der Waals surface area contributed by atoms with Crippen LogP contribution in [0.5, 0.6) is 0 Å². The quantitative estimate of drug-likeness (QED) is 0.705. The smallest absolute Gasteiger partial charge is 0.239 e. The third-order valence-electron chi connectivity index (χ3n) is 3.28. The highest BCUT2D eigenvalue weighted by molar-refractivity contribution is 5.86. The van der Waals surface area contributed by atoms with Gasteiger partial charge in [0, 0.05) is 26.1 Å². The van der Waals surface area contributed by atoms with Crippen LogP contribution in [0.3, 0.4) is 0 Å². The predicted octanol–water partition coefficient (Wildman–Crippen LogP) is -0.131. The second-order valence-corrected chi connectivity index (χ2v) is 5.17. The predicted molar refractivity (Wildman–Crippen MR) is 72.5 cm³/mol. The second-order valence-electron chi connectivity index (χ2n) is 5.17. The lowest BCUT2D eigenvalue weighted by atomic mass is 9.96.